The van der Waals surface area contributed by atoms with E-state index in [1.807, 2.05) is 32.9 Å². The van der Waals surface area contributed by atoms with Gasteiger partial charge in [-0.15, -0.1) is 0 Å². The lowest BCUT2D eigenvalue weighted by Gasteiger charge is -2.19. The summed E-state index contributed by atoms with van der Waals surface area (Å²) in [5.41, 5.74) is 3.37. The first-order chi connectivity index (χ1) is 10.9. The number of ether oxygens (including phenoxy) is 1. The molecule has 0 saturated heterocycles. The normalized spacial score (nSPS) is 11.0. The molecule has 0 radical (unpaired) electrons. The Kier molecular flexibility index (Phi) is 5.05. The molecule has 1 aromatic carbocycles. The quantitative estimate of drug-likeness (QED) is 0.885. The number of carboxylic acid groups (broad SMARTS) is 1. The Morgan fingerprint density at radius 2 is 1.87 bits per heavy atom. The van der Waals surface area contributed by atoms with E-state index in [0.29, 0.717) is 5.58 Å². The zero-order valence-electron chi connectivity index (χ0n) is 13.8. The van der Waals surface area contributed by atoms with E-state index in [2.05, 4.69) is 0 Å². The molecule has 0 atom stereocenters. The third-order valence-corrected chi connectivity index (χ3v) is 3.86. The lowest BCUT2D eigenvalue weighted by molar-refractivity contribution is -0.137. The fourth-order valence-electron chi connectivity index (χ4n) is 2.64. The standard InChI is InChI=1S/C17H21NO5/c1-10-5-6-11(2)15-14(10)12(3)16(23-15)17(21)18(7-8-22-4)9-13(19)20/h5-6H,7-9H2,1-4H3,(H,19,20). The third kappa shape index (κ3) is 3.37. The average molecular weight is 319 g/mol. The molecule has 0 aliphatic heterocycles. The van der Waals surface area contributed by atoms with Gasteiger partial charge in [-0.2, -0.15) is 0 Å². The molecule has 0 aliphatic carbocycles. The maximum Gasteiger partial charge on any atom is 0.323 e. The smallest absolute Gasteiger partial charge is 0.323 e. The number of rotatable bonds is 6. The molecule has 6 heteroatoms. The molecule has 0 spiro atoms. The van der Waals surface area contributed by atoms with Crippen molar-refractivity contribution in [2.24, 2.45) is 0 Å². The van der Waals surface area contributed by atoms with E-state index in [-0.39, 0.29) is 18.9 Å². The van der Waals surface area contributed by atoms with E-state index < -0.39 is 18.4 Å². The van der Waals surface area contributed by atoms with Gasteiger partial charge in [0.15, 0.2) is 5.76 Å². The topological polar surface area (TPSA) is 80.0 Å². The van der Waals surface area contributed by atoms with Gasteiger partial charge >= 0.3 is 5.97 Å². The van der Waals surface area contributed by atoms with Gasteiger partial charge in [-0.3, -0.25) is 9.59 Å². The first kappa shape index (κ1) is 17.0. The Morgan fingerprint density at radius 3 is 2.43 bits per heavy atom. The Morgan fingerprint density at radius 1 is 1.22 bits per heavy atom. The molecule has 2 rings (SSSR count). The lowest BCUT2D eigenvalue weighted by atomic mass is 10.0. The number of fused-ring (bicyclic) bond motifs is 1. The van der Waals surface area contributed by atoms with Crippen LogP contribution in [0.25, 0.3) is 11.0 Å². The highest BCUT2D eigenvalue weighted by molar-refractivity contribution is 6.01. The summed E-state index contributed by atoms with van der Waals surface area (Å²) in [6.07, 6.45) is 0. The number of methoxy groups -OCH3 is 1. The van der Waals surface area contributed by atoms with Gasteiger partial charge in [0.1, 0.15) is 12.1 Å². The van der Waals surface area contributed by atoms with Crippen LogP contribution in [0, 0.1) is 20.8 Å². The first-order valence-corrected chi connectivity index (χ1v) is 7.36. The predicted molar refractivity (Wildman–Crippen MR) is 85.8 cm³/mol. The van der Waals surface area contributed by atoms with Crippen LogP contribution in [0.4, 0.5) is 0 Å². The maximum absolute atomic E-state index is 12.7. The van der Waals surface area contributed by atoms with Crippen LogP contribution in [0.15, 0.2) is 16.5 Å². The largest absolute Gasteiger partial charge is 0.480 e. The van der Waals surface area contributed by atoms with Gasteiger partial charge in [0, 0.05) is 24.6 Å². The number of hydrogen-bond acceptors (Lipinski definition) is 4. The summed E-state index contributed by atoms with van der Waals surface area (Å²) >= 11 is 0. The van der Waals surface area contributed by atoms with Crippen LogP contribution in [0.5, 0.6) is 0 Å². The number of carboxylic acids is 1. The molecule has 2 aromatic rings. The van der Waals surface area contributed by atoms with Crippen LogP contribution in [-0.2, 0) is 9.53 Å². The van der Waals surface area contributed by atoms with Gasteiger partial charge < -0.3 is 19.2 Å². The van der Waals surface area contributed by atoms with Crippen molar-refractivity contribution in [3.63, 3.8) is 0 Å². The van der Waals surface area contributed by atoms with E-state index in [1.54, 1.807) is 0 Å². The summed E-state index contributed by atoms with van der Waals surface area (Å²) in [6, 6.07) is 3.92. The molecule has 1 N–H and O–H groups in total. The molecule has 1 aromatic heterocycles. The Labute approximate surface area is 134 Å². The van der Waals surface area contributed by atoms with Gasteiger partial charge in [-0.05, 0) is 31.9 Å². The van der Waals surface area contributed by atoms with Crippen LogP contribution in [0.1, 0.15) is 27.2 Å². The van der Waals surface area contributed by atoms with Crippen molar-refractivity contribution in [2.45, 2.75) is 20.8 Å². The minimum absolute atomic E-state index is 0.190. The Hall–Kier alpha value is -2.34. The van der Waals surface area contributed by atoms with E-state index in [4.69, 9.17) is 14.3 Å². The molecule has 0 fully saturated rings. The van der Waals surface area contributed by atoms with Gasteiger partial charge in [0.05, 0.1) is 6.61 Å². The Bertz CT molecular complexity index is 747. The summed E-state index contributed by atoms with van der Waals surface area (Å²) < 4.78 is 10.7. The van der Waals surface area contributed by atoms with Crippen molar-refractivity contribution >= 4 is 22.8 Å². The maximum atomic E-state index is 12.7. The highest BCUT2D eigenvalue weighted by Gasteiger charge is 2.25. The van der Waals surface area contributed by atoms with E-state index in [0.717, 1.165) is 22.1 Å². The second kappa shape index (κ2) is 6.83. The van der Waals surface area contributed by atoms with Gasteiger partial charge in [-0.1, -0.05) is 12.1 Å². The predicted octanol–water partition coefficient (Wildman–Crippen LogP) is 2.53. The number of carbonyl (C=O) groups is 2. The van der Waals surface area contributed by atoms with Gasteiger partial charge in [0.25, 0.3) is 5.91 Å². The summed E-state index contributed by atoms with van der Waals surface area (Å²) in [4.78, 5) is 24.9. The SMILES string of the molecule is COCCN(CC(=O)O)C(=O)c1oc2c(C)ccc(C)c2c1C. The highest BCUT2D eigenvalue weighted by atomic mass is 16.5. The van der Waals surface area contributed by atoms with Crippen LogP contribution in [0.3, 0.4) is 0 Å². The number of amides is 1. The molecular formula is C17H21NO5. The van der Waals surface area contributed by atoms with E-state index in [9.17, 15) is 9.59 Å². The summed E-state index contributed by atoms with van der Waals surface area (Å²) in [7, 11) is 1.50. The molecule has 124 valence electrons. The second-order valence-electron chi connectivity index (χ2n) is 5.57. The molecule has 0 unspecified atom stereocenters. The van der Waals surface area contributed by atoms with Gasteiger partial charge in [0.2, 0.25) is 0 Å². The highest BCUT2D eigenvalue weighted by Crippen LogP contribution is 2.31. The van der Waals surface area contributed by atoms with Crippen LogP contribution >= 0.6 is 0 Å². The third-order valence-electron chi connectivity index (χ3n) is 3.86. The van der Waals surface area contributed by atoms with Gasteiger partial charge in [-0.25, -0.2) is 0 Å². The van der Waals surface area contributed by atoms with Crippen molar-refractivity contribution < 1.29 is 23.8 Å². The molecule has 6 nitrogen and oxygen atoms in total. The van der Waals surface area contributed by atoms with Crippen LogP contribution in [-0.4, -0.2) is 48.7 Å². The van der Waals surface area contributed by atoms with Crippen molar-refractivity contribution in [3.05, 3.63) is 34.6 Å². The Balaban J connectivity index is 2.46. The average Bonchev–Trinajstić information content (AvgIpc) is 2.85. The number of nitrogens with zero attached hydrogens (tertiary/aromatic N) is 1. The number of hydrogen-bond donors (Lipinski definition) is 1. The molecule has 23 heavy (non-hydrogen) atoms. The molecule has 0 aliphatic rings. The number of furan rings is 1. The number of aryl methyl sites for hydroxylation is 3. The van der Waals surface area contributed by atoms with Crippen molar-refractivity contribution in [1.29, 1.82) is 0 Å². The molecule has 0 saturated carbocycles. The van der Waals surface area contributed by atoms with Crippen molar-refractivity contribution in [1.82, 2.24) is 4.90 Å². The molecule has 1 amide bonds. The van der Waals surface area contributed by atoms with E-state index in [1.165, 1.54) is 12.0 Å². The number of benzene rings is 1. The summed E-state index contributed by atoms with van der Waals surface area (Å²) in [5.74, 6) is -1.32. The molecule has 1 heterocycles. The summed E-state index contributed by atoms with van der Waals surface area (Å²) in [5, 5.41) is 9.92. The second-order valence-corrected chi connectivity index (χ2v) is 5.57. The fourth-order valence-corrected chi connectivity index (χ4v) is 2.64. The lowest BCUT2D eigenvalue weighted by Crippen LogP contribution is -2.38. The number of carbonyl (C=O) groups excluding carboxylic acids is 1. The minimum atomic E-state index is -1.07. The zero-order valence-corrected chi connectivity index (χ0v) is 13.8. The zero-order chi connectivity index (χ0) is 17.1. The monoisotopic (exact) mass is 319 g/mol. The van der Waals surface area contributed by atoms with Crippen LogP contribution < -0.4 is 0 Å². The number of aliphatic carboxylic acids is 1. The van der Waals surface area contributed by atoms with Crippen molar-refractivity contribution in [3.8, 4) is 0 Å². The molecule has 0 bridgehead atoms. The van der Waals surface area contributed by atoms with Crippen LogP contribution in [0.2, 0.25) is 0 Å². The minimum Gasteiger partial charge on any atom is -0.480 e. The summed E-state index contributed by atoms with van der Waals surface area (Å²) in [6.45, 7) is 5.75. The van der Waals surface area contributed by atoms with E-state index >= 15 is 0 Å². The fraction of sp³-hybridized carbons (Fsp3) is 0.412. The molecular weight excluding hydrogens is 298 g/mol. The first-order valence-electron chi connectivity index (χ1n) is 7.36. The van der Waals surface area contributed by atoms with Crippen molar-refractivity contribution in [2.75, 3.05) is 26.8 Å².